The molecule has 7 nitrogen and oxygen atoms in total. The highest BCUT2D eigenvalue weighted by Crippen LogP contribution is 2.36. The van der Waals surface area contributed by atoms with Crippen LogP contribution in [0.2, 0.25) is 0 Å². The van der Waals surface area contributed by atoms with Gasteiger partial charge in [0.05, 0.1) is 44.5 Å². The number of fused-ring (bicyclic) bond motifs is 1. The Hall–Kier alpha value is -3.54. The zero-order chi connectivity index (χ0) is 30.0. The Kier molecular flexibility index (Phi) is 9.10. The number of benzene rings is 3. The summed E-state index contributed by atoms with van der Waals surface area (Å²) in [5.74, 6) is 0.411. The van der Waals surface area contributed by atoms with Gasteiger partial charge in [-0.05, 0) is 105 Å². The summed E-state index contributed by atoms with van der Waals surface area (Å²) in [4.78, 5) is 32.1. The number of nitrogens with zero attached hydrogens (tertiary/aromatic N) is 2. The number of ether oxygens (including phenoxy) is 3. The van der Waals surface area contributed by atoms with Gasteiger partial charge in [0.1, 0.15) is 23.9 Å². The fourth-order valence-electron chi connectivity index (χ4n) is 4.58. The molecule has 216 valence electrons. The molecule has 0 aliphatic carbocycles. The van der Waals surface area contributed by atoms with Gasteiger partial charge < -0.3 is 14.2 Å². The summed E-state index contributed by atoms with van der Waals surface area (Å²) in [6.07, 6.45) is 1.78. The maximum atomic E-state index is 13.9. The first-order chi connectivity index (χ1) is 20.2. The number of carbonyl (C=O) groups is 1. The van der Waals surface area contributed by atoms with Crippen molar-refractivity contribution < 1.29 is 23.4 Å². The number of aromatic nitrogens is 1. The molecule has 11 heteroatoms. The lowest BCUT2D eigenvalue weighted by Crippen LogP contribution is -2.39. The predicted octanol–water partition coefficient (Wildman–Crippen LogP) is 6.05. The summed E-state index contributed by atoms with van der Waals surface area (Å²) in [6, 6.07) is 16.3. The van der Waals surface area contributed by atoms with Crippen LogP contribution < -0.4 is 24.4 Å². The van der Waals surface area contributed by atoms with Crippen LogP contribution in [0.25, 0.3) is 6.08 Å². The number of carbonyl (C=O) groups excluding carboxylic acids is 1. The number of halogens is 3. The monoisotopic (exact) mass is 714 g/mol. The molecule has 0 bridgehead atoms. The van der Waals surface area contributed by atoms with Crippen LogP contribution in [0.15, 0.2) is 90.7 Å². The zero-order valence-electron chi connectivity index (χ0n) is 22.8. The standard InChI is InChI=1S/C31H25Br2FN2O5S/c1-4-40-30(38)26-17(2)35-31-36(27(26)20-7-11-22(39-3)12-8-20)29(37)25(42-31)15-19-13-23(32)28(24(33)14-19)41-16-18-5-9-21(34)10-6-18/h5-15,27H,4,16H2,1-3H3/b25-15-. The molecule has 1 aliphatic rings. The van der Waals surface area contributed by atoms with E-state index in [2.05, 4.69) is 36.9 Å². The number of hydrogen-bond acceptors (Lipinski definition) is 7. The smallest absolute Gasteiger partial charge is 0.338 e. The van der Waals surface area contributed by atoms with E-state index >= 15 is 0 Å². The Bertz CT molecular complexity index is 1840. The average molecular weight is 716 g/mol. The Morgan fingerprint density at radius 1 is 1.10 bits per heavy atom. The predicted molar refractivity (Wildman–Crippen MR) is 166 cm³/mol. The molecular weight excluding hydrogens is 691 g/mol. The lowest BCUT2D eigenvalue weighted by Gasteiger charge is -2.24. The Morgan fingerprint density at radius 3 is 2.38 bits per heavy atom. The van der Waals surface area contributed by atoms with Gasteiger partial charge in [-0.25, -0.2) is 14.2 Å². The van der Waals surface area contributed by atoms with Crippen LogP contribution in [0.1, 0.15) is 36.6 Å². The first-order valence-corrected chi connectivity index (χ1v) is 15.3. The van der Waals surface area contributed by atoms with E-state index in [1.807, 2.05) is 24.3 Å². The molecule has 1 aliphatic heterocycles. The topological polar surface area (TPSA) is 79.1 Å². The van der Waals surface area contributed by atoms with Crippen molar-refractivity contribution in [3.8, 4) is 11.5 Å². The van der Waals surface area contributed by atoms with E-state index in [1.54, 1.807) is 55.9 Å². The summed E-state index contributed by atoms with van der Waals surface area (Å²) >= 11 is 8.38. The van der Waals surface area contributed by atoms with Crippen molar-refractivity contribution in [3.05, 3.63) is 123 Å². The minimum absolute atomic E-state index is 0.197. The zero-order valence-corrected chi connectivity index (χ0v) is 26.8. The first-order valence-electron chi connectivity index (χ1n) is 12.9. The van der Waals surface area contributed by atoms with Crippen LogP contribution in [-0.2, 0) is 16.1 Å². The molecule has 0 saturated heterocycles. The normalized spacial score (nSPS) is 14.8. The summed E-state index contributed by atoms with van der Waals surface area (Å²) in [7, 11) is 1.58. The molecule has 1 atom stereocenters. The van der Waals surface area contributed by atoms with Gasteiger partial charge in [-0.1, -0.05) is 35.6 Å². The molecule has 3 aromatic carbocycles. The molecule has 2 heterocycles. The number of rotatable bonds is 8. The minimum atomic E-state index is -0.714. The highest BCUT2D eigenvalue weighted by molar-refractivity contribution is 9.11. The molecule has 0 amide bonds. The average Bonchev–Trinajstić information content (AvgIpc) is 3.26. The van der Waals surface area contributed by atoms with Crippen molar-refractivity contribution in [2.24, 2.45) is 4.99 Å². The van der Waals surface area contributed by atoms with E-state index in [1.165, 1.54) is 23.5 Å². The number of methoxy groups -OCH3 is 1. The molecular formula is C31H25Br2FN2O5S. The van der Waals surface area contributed by atoms with Crippen molar-refractivity contribution in [3.63, 3.8) is 0 Å². The van der Waals surface area contributed by atoms with Crippen LogP contribution in [-0.4, -0.2) is 24.3 Å². The van der Waals surface area contributed by atoms with Crippen LogP contribution in [0.5, 0.6) is 11.5 Å². The Labute approximate surface area is 261 Å². The molecule has 0 fully saturated rings. The molecule has 0 radical (unpaired) electrons. The van der Waals surface area contributed by atoms with E-state index in [0.717, 1.165) is 16.7 Å². The van der Waals surface area contributed by atoms with Crippen molar-refractivity contribution >= 4 is 55.2 Å². The van der Waals surface area contributed by atoms with E-state index in [4.69, 9.17) is 14.2 Å². The lowest BCUT2D eigenvalue weighted by atomic mass is 9.96. The van der Waals surface area contributed by atoms with E-state index < -0.39 is 12.0 Å². The molecule has 42 heavy (non-hydrogen) atoms. The first kappa shape index (κ1) is 29.9. The Balaban J connectivity index is 1.54. The van der Waals surface area contributed by atoms with Gasteiger partial charge in [-0.3, -0.25) is 9.36 Å². The summed E-state index contributed by atoms with van der Waals surface area (Å²) in [5.41, 5.74) is 2.83. The maximum absolute atomic E-state index is 13.9. The van der Waals surface area contributed by atoms with Crippen molar-refractivity contribution in [1.82, 2.24) is 4.57 Å². The lowest BCUT2D eigenvalue weighted by molar-refractivity contribution is -0.139. The second-order valence-electron chi connectivity index (χ2n) is 9.30. The third-order valence-electron chi connectivity index (χ3n) is 6.56. The van der Waals surface area contributed by atoms with Gasteiger partial charge in [-0.2, -0.15) is 0 Å². The Morgan fingerprint density at radius 2 is 1.76 bits per heavy atom. The molecule has 1 unspecified atom stereocenters. The second-order valence-corrected chi connectivity index (χ2v) is 12.0. The second kappa shape index (κ2) is 12.8. The minimum Gasteiger partial charge on any atom is -0.497 e. The number of allylic oxidation sites excluding steroid dienone is 1. The van der Waals surface area contributed by atoms with Crippen molar-refractivity contribution in [2.45, 2.75) is 26.5 Å². The van der Waals surface area contributed by atoms with Gasteiger partial charge in [-0.15, -0.1) is 0 Å². The van der Waals surface area contributed by atoms with Crippen LogP contribution in [0, 0.1) is 5.82 Å². The highest BCUT2D eigenvalue weighted by atomic mass is 79.9. The van der Waals surface area contributed by atoms with Gasteiger partial charge in [0.25, 0.3) is 5.56 Å². The van der Waals surface area contributed by atoms with E-state index in [9.17, 15) is 14.0 Å². The fraction of sp³-hybridized carbons (Fsp3) is 0.194. The molecule has 1 aromatic heterocycles. The fourth-order valence-corrected chi connectivity index (χ4v) is 7.08. The van der Waals surface area contributed by atoms with Crippen LogP contribution >= 0.6 is 43.2 Å². The maximum Gasteiger partial charge on any atom is 0.338 e. The number of thiazole rings is 1. The molecule has 5 rings (SSSR count). The number of hydrogen-bond donors (Lipinski definition) is 0. The van der Waals surface area contributed by atoms with Gasteiger partial charge in [0.15, 0.2) is 4.80 Å². The quantitative estimate of drug-likeness (QED) is 0.208. The molecule has 4 aromatic rings. The molecule has 0 N–H and O–H groups in total. The van der Waals surface area contributed by atoms with Gasteiger partial charge >= 0.3 is 5.97 Å². The summed E-state index contributed by atoms with van der Waals surface area (Å²) in [6.45, 7) is 3.94. The van der Waals surface area contributed by atoms with E-state index in [0.29, 0.717) is 41.0 Å². The van der Waals surface area contributed by atoms with Crippen LogP contribution in [0.3, 0.4) is 0 Å². The third kappa shape index (κ3) is 6.13. The highest BCUT2D eigenvalue weighted by Gasteiger charge is 2.33. The van der Waals surface area contributed by atoms with Gasteiger partial charge in [0.2, 0.25) is 0 Å². The SMILES string of the molecule is CCOC(=O)C1=C(C)N=c2s/c(=C\c3cc(Br)c(OCc4ccc(F)cc4)c(Br)c3)c(=O)n2C1c1ccc(OC)cc1. The van der Waals surface area contributed by atoms with Crippen molar-refractivity contribution in [2.75, 3.05) is 13.7 Å². The third-order valence-corrected chi connectivity index (χ3v) is 8.72. The molecule has 0 saturated carbocycles. The van der Waals surface area contributed by atoms with E-state index in [-0.39, 0.29) is 24.6 Å². The largest absolute Gasteiger partial charge is 0.497 e. The van der Waals surface area contributed by atoms with Gasteiger partial charge in [0, 0.05) is 0 Å². The summed E-state index contributed by atoms with van der Waals surface area (Å²) in [5, 5.41) is 0. The van der Waals surface area contributed by atoms with Crippen LogP contribution in [0.4, 0.5) is 4.39 Å². The number of esters is 1. The summed E-state index contributed by atoms with van der Waals surface area (Å²) < 4.78 is 33.2. The molecule has 0 spiro atoms. The van der Waals surface area contributed by atoms with Crippen molar-refractivity contribution in [1.29, 1.82) is 0 Å².